The van der Waals surface area contributed by atoms with Crippen molar-refractivity contribution in [3.8, 4) is 0 Å². The van der Waals surface area contributed by atoms with Gasteiger partial charge in [0.05, 0.1) is 12.3 Å². The maximum atomic E-state index is 12.9. The van der Waals surface area contributed by atoms with E-state index in [0.29, 0.717) is 5.76 Å². The van der Waals surface area contributed by atoms with Crippen LogP contribution in [0.15, 0.2) is 52.0 Å². The van der Waals surface area contributed by atoms with Crippen molar-refractivity contribution in [1.82, 2.24) is 4.90 Å². The zero-order valence-electron chi connectivity index (χ0n) is 18.6. The van der Waals surface area contributed by atoms with Crippen molar-refractivity contribution in [1.29, 1.82) is 0 Å². The predicted octanol–water partition coefficient (Wildman–Crippen LogP) is 6.77. The largest absolute Gasteiger partial charge is 0.459 e. The number of hydrogen-bond acceptors (Lipinski definition) is 5. The Kier molecular flexibility index (Phi) is 6.72. The van der Waals surface area contributed by atoms with Crippen molar-refractivity contribution in [3.63, 3.8) is 0 Å². The first-order chi connectivity index (χ1) is 15.7. The lowest BCUT2D eigenvalue weighted by Crippen LogP contribution is -2.35. The monoisotopic (exact) mass is 466 g/mol. The number of thioether (sulfide) groups is 1. The van der Waals surface area contributed by atoms with Crippen LogP contribution in [-0.2, 0) is 12.8 Å². The van der Waals surface area contributed by atoms with Crippen LogP contribution in [0.25, 0.3) is 0 Å². The summed E-state index contributed by atoms with van der Waals surface area (Å²) in [5.41, 5.74) is 4.12. The average Bonchev–Trinajstić information content (AvgIpc) is 3.50. The summed E-state index contributed by atoms with van der Waals surface area (Å²) in [6.45, 7) is 2.20. The fourth-order valence-corrected chi connectivity index (χ4v) is 6.79. The molecule has 0 bridgehead atoms. The number of carbonyl (C=O) groups is 1. The number of amides is 1. The number of furan rings is 1. The zero-order chi connectivity index (χ0) is 21.9. The summed E-state index contributed by atoms with van der Waals surface area (Å²) >= 11 is 3.55. The van der Waals surface area contributed by atoms with Crippen LogP contribution >= 0.6 is 23.1 Å². The number of likely N-dealkylation sites (tertiary alicyclic amines) is 1. The Balaban J connectivity index is 1.60. The second kappa shape index (κ2) is 9.86. The SMILES string of the molecule is CSc1ccc([C@@H](c2c(NC(=O)c3ccco3)sc3c2CCCC3)N2CCCCC2)cc1. The summed E-state index contributed by atoms with van der Waals surface area (Å²) in [6, 6.07) is 12.7. The normalized spacial score (nSPS) is 17.7. The molecule has 1 fully saturated rings. The lowest BCUT2D eigenvalue weighted by atomic mass is 9.88. The highest BCUT2D eigenvalue weighted by Gasteiger charge is 2.33. The summed E-state index contributed by atoms with van der Waals surface area (Å²) in [6.07, 6.45) is 12.1. The summed E-state index contributed by atoms with van der Waals surface area (Å²) in [7, 11) is 0. The van der Waals surface area contributed by atoms with Gasteiger partial charge in [-0.15, -0.1) is 23.1 Å². The van der Waals surface area contributed by atoms with E-state index < -0.39 is 0 Å². The van der Waals surface area contributed by atoms with E-state index in [1.54, 1.807) is 41.5 Å². The molecule has 4 nitrogen and oxygen atoms in total. The molecule has 0 spiro atoms. The zero-order valence-corrected chi connectivity index (χ0v) is 20.2. The number of benzene rings is 1. The standard InChI is InChI=1S/C26H30N2O2S2/c1-31-19-13-11-18(12-14-19)24(28-15-5-2-6-16-28)23-20-8-3-4-10-22(20)32-26(23)27-25(29)21-9-7-17-30-21/h7,9,11-14,17,24H,2-6,8,10,15-16H2,1H3,(H,27,29)/t24-/m0/s1. The van der Waals surface area contributed by atoms with Gasteiger partial charge < -0.3 is 9.73 Å². The minimum atomic E-state index is -0.162. The van der Waals surface area contributed by atoms with Gasteiger partial charge in [0.15, 0.2) is 5.76 Å². The highest BCUT2D eigenvalue weighted by Crippen LogP contribution is 2.46. The molecule has 1 aromatic carbocycles. The van der Waals surface area contributed by atoms with E-state index in [2.05, 4.69) is 40.7 Å². The first-order valence-corrected chi connectivity index (χ1v) is 13.7. The molecular weight excluding hydrogens is 436 g/mol. The van der Waals surface area contributed by atoms with Gasteiger partial charge in [-0.3, -0.25) is 9.69 Å². The Hall–Kier alpha value is -2.02. The number of fused-ring (bicyclic) bond motifs is 1. The lowest BCUT2D eigenvalue weighted by molar-refractivity contribution is 0.0996. The topological polar surface area (TPSA) is 45.5 Å². The molecule has 0 radical (unpaired) electrons. The van der Waals surface area contributed by atoms with E-state index in [1.165, 1.54) is 58.6 Å². The maximum Gasteiger partial charge on any atom is 0.291 e. The molecule has 1 aliphatic carbocycles. The van der Waals surface area contributed by atoms with Gasteiger partial charge in [0.1, 0.15) is 5.00 Å². The van der Waals surface area contributed by atoms with E-state index in [1.807, 2.05) is 0 Å². The maximum absolute atomic E-state index is 12.9. The fourth-order valence-electron chi connectivity index (χ4n) is 5.07. The fraction of sp³-hybridized carbons (Fsp3) is 0.423. The van der Waals surface area contributed by atoms with Gasteiger partial charge in [0.2, 0.25) is 0 Å². The molecule has 168 valence electrons. The van der Waals surface area contributed by atoms with Crippen LogP contribution < -0.4 is 5.32 Å². The third-order valence-corrected chi connectivity index (χ3v) is 8.61. The molecule has 1 amide bonds. The minimum Gasteiger partial charge on any atom is -0.459 e. The smallest absolute Gasteiger partial charge is 0.291 e. The second-order valence-corrected chi connectivity index (χ2v) is 10.6. The molecule has 0 saturated carbocycles. The Morgan fingerprint density at radius 1 is 1.06 bits per heavy atom. The van der Waals surface area contributed by atoms with Crippen molar-refractivity contribution < 1.29 is 9.21 Å². The number of anilines is 1. The lowest BCUT2D eigenvalue weighted by Gasteiger charge is -2.36. The number of nitrogens with one attached hydrogen (secondary N) is 1. The summed E-state index contributed by atoms with van der Waals surface area (Å²) < 4.78 is 5.38. The number of carbonyl (C=O) groups excluding carboxylic acids is 1. The van der Waals surface area contributed by atoms with Crippen molar-refractivity contribution in [2.45, 2.75) is 55.9 Å². The Morgan fingerprint density at radius 2 is 1.84 bits per heavy atom. The highest BCUT2D eigenvalue weighted by atomic mass is 32.2. The van der Waals surface area contributed by atoms with E-state index in [-0.39, 0.29) is 11.9 Å². The quantitative estimate of drug-likeness (QED) is 0.407. The van der Waals surface area contributed by atoms with Crippen LogP contribution in [0.4, 0.5) is 5.00 Å². The molecule has 1 aliphatic heterocycles. The molecule has 1 atom stereocenters. The van der Waals surface area contributed by atoms with Crippen LogP contribution in [-0.4, -0.2) is 30.2 Å². The molecule has 6 heteroatoms. The van der Waals surface area contributed by atoms with E-state index in [4.69, 9.17) is 4.42 Å². The molecule has 32 heavy (non-hydrogen) atoms. The van der Waals surface area contributed by atoms with Crippen LogP contribution in [0.1, 0.15) is 70.3 Å². The Bertz CT molecular complexity index is 1050. The minimum absolute atomic E-state index is 0.162. The molecule has 1 N–H and O–H groups in total. The number of aryl methyl sites for hydroxylation is 1. The summed E-state index contributed by atoms with van der Waals surface area (Å²) in [5.74, 6) is 0.200. The van der Waals surface area contributed by atoms with Crippen LogP contribution in [0.5, 0.6) is 0 Å². The first kappa shape index (κ1) is 21.8. The van der Waals surface area contributed by atoms with Crippen molar-refractivity contribution >= 4 is 34.0 Å². The van der Waals surface area contributed by atoms with Gasteiger partial charge in [-0.25, -0.2) is 0 Å². The highest BCUT2D eigenvalue weighted by molar-refractivity contribution is 7.98. The first-order valence-electron chi connectivity index (χ1n) is 11.6. The van der Waals surface area contributed by atoms with E-state index in [0.717, 1.165) is 30.9 Å². The van der Waals surface area contributed by atoms with Gasteiger partial charge in [0, 0.05) is 15.3 Å². The number of nitrogens with zero attached hydrogens (tertiary/aromatic N) is 1. The van der Waals surface area contributed by atoms with Crippen LogP contribution in [0, 0.1) is 0 Å². The molecule has 2 aromatic heterocycles. The molecular formula is C26H30N2O2S2. The van der Waals surface area contributed by atoms with Gasteiger partial charge >= 0.3 is 0 Å². The van der Waals surface area contributed by atoms with E-state index in [9.17, 15) is 4.79 Å². The third kappa shape index (κ3) is 4.41. The second-order valence-electron chi connectivity index (χ2n) is 8.66. The molecule has 1 saturated heterocycles. The Labute approximate surface area is 198 Å². The van der Waals surface area contributed by atoms with Crippen molar-refractivity contribution in [2.75, 3.05) is 24.7 Å². The van der Waals surface area contributed by atoms with Gasteiger partial charge in [-0.1, -0.05) is 18.6 Å². The predicted molar refractivity (Wildman–Crippen MR) is 133 cm³/mol. The number of rotatable bonds is 6. The van der Waals surface area contributed by atoms with Crippen molar-refractivity contribution in [3.05, 3.63) is 70.0 Å². The van der Waals surface area contributed by atoms with Crippen LogP contribution in [0.3, 0.4) is 0 Å². The number of piperidine rings is 1. The summed E-state index contributed by atoms with van der Waals surface area (Å²) in [5, 5.41) is 4.24. The van der Waals surface area contributed by atoms with Gasteiger partial charge in [-0.05, 0) is 93.3 Å². The number of thiophene rings is 1. The van der Waals surface area contributed by atoms with Gasteiger partial charge in [0.25, 0.3) is 5.91 Å². The third-order valence-electron chi connectivity index (χ3n) is 6.65. The molecule has 0 unspecified atom stereocenters. The molecule has 5 rings (SSSR count). The van der Waals surface area contributed by atoms with Crippen LogP contribution in [0.2, 0.25) is 0 Å². The van der Waals surface area contributed by atoms with Gasteiger partial charge in [-0.2, -0.15) is 0 Å². The van der Waals surface area contributed by atoms with E-state index >= 15 is 0 Å². The number of hydrogen-bond donors (Lipinski definition) is 1. The summed E-state index contributed by atoms with van der Waals surface area (Å²) in [4.78, 5) is 18.3. The molecule has 3 aromatic rings. The average molecular weight is 467 g/mol. The molecule has 2 aliphatic rings. The van der Waals surface area contributed by atoms with Crippen molar-refractivity contribution in [2.24, 2.45) is 0 Å². The molecule has 3 heterocycles. The Morgan fingerprint density at radius 3 is 2.56 bits per heavy atom.